The van der Waals surface area contributed by atoms with E-state index in [0.717, 1.165) is 37.6 Å². The lowest BCUT2D eigenvalue weighted by molar-refractivity contribution is 0.129. The Balaban J connectivity index is 1.65. The summed E-state index contributed by atoms with van der Waals surface area (Å²) >= 11 is 0. The first kappa shape index (κ1) is 13.7. The number of hydrogen-bond acceptors (Lipinski definition) is 4. The van der Waals surface area contributed by atoms with Crippen LogP contribution in [0.2, 0.25) is 0 Å². The van der Waals surface area contributed by atoms with Gasteiger partial charge in [-0.1, -0.05) is 12.1 Å². The second kappa shape index (κ2) is 5.26. The Morgan fingerprint density at radius 2 is 2.30 bits per heavy atom. The number of nitrogens with two attached hydrogens (primary N) is 1. The van der Waals surface area contributed by atoms with Crippen LogP contribution in [0.25, 0.3) is 0 Å². The van der Waals surface area contributed by atoms with Gasteiger partial charge in [-0.2, -0.15) is 0 Å². The molecule has 3 rings (SSSR count). The van der Waals surface area contributed by atoms with Crippen molar-refractivity contribution in [2.24, 2.45) is 11.7 Å². The molecule has 0 radical (unpaired) electrons. The molecular weight excluding hydrogens is 254 g/mol. The van der Waals surface area contributed by atoms with Crippen molar-refractivity contribution >= 4 is 0 Å². The maximum Gasteiger partial charge on any atom is 0.165 e. The third-order valence-corrected chi connectivity index (χ3v) is 4.06. The predicted molar refractivity (Wildman–Crippen MR) is 77.2 cm³/mol. The first-order chi connectivity index (χ1) is 9.55. The topological polar surface area (TPSA) is 53.7 Å². The molecule has 0 aromatic heterocycles. The summed E-state index contributed by atoms with van der Waals surface area (Å²) in [7, 11) is 0. The minimum Gasteiger partial charge on any atom is -0.488 e. The molecule has 0 saturated carbocycles. The molecule has 2 aliphatic rings. The van der Waals surface area contributed by atoms with E-state index in [4.69, 9.17) is 19.9 Å². The molecule has 2 unspecified atom stereocenters. The molecule has 2 aliphatic heterocycles. The molecule has 0 spiro atoms. The minimum absolute atomic E-state index is 0.0165. The quantitative estimate of drug-likeness (QED) is 0.916. The second-order valence-electron chi connectivity index (χ2n) is 6.38. The van der Waals surface area contributed by atoms with Crippen LogP contribution in [0.5, 0.6) is 11.5 Å². The van der Waals surface area contributed by atoms with Crippen molar-refractivity contribution in [3.8, 4) is 11.5 Å². The summed E-state index contributed by atoms with van der Waals surface area (Å²) in [6.07, 6.45) is 1.95. The molecule has 1 fully saturated rings. The molecule has 2 N–H and O–H groups in total. The van der Waals surface area contributed by atoms with Crippen LogP contribution in [0.4, 0.5) is 0 Å². The monoisotopic (exact) mass is 277 g/mol. The lowest BCUT2D eigenvalue weighted by atomic mass is 10.0. The maximum absolute atomic E-state index is 6.18. The third kappa shape index (κ3) is 2.76. The van der Waals surface area contributed by atoms with E-state index in [1.807, 2.05) is 12.1 Å². The maximum atomic E-state index is 6.18. The third-order valence-electron chi connectivity index (χ3n) is 4.06. The fourth-order valence-electron chi connectivity index (χ4n) is 2.91. The molecule has 0 bridgehead atoms. The average Bonchev–Trinajstić information content (AvgIpc) is 3.01. The fourth-order valence-corrected chi connectivity index (χ4v) is 2.91. The molecular formula is C16H23NO3. The SMILES string of the molecule is CC1(C)Cc2cccc(OCC(N)C3CCOC3)c2O1. The fraction of sp³-hybridized carbons (Fsp3) is 0.625. The molecule has 20 heavy (non-hydrogen) atoms. The average molecular weight is 277 g/mol. The van der Waals surface area contributed by atoms with Crippen LogP contribution in [0.15, 0.2) is 18.2 Å². The molecule has 4 nitrogen and oxygen atoms in total. The van der Waals surface area contributed by atoms with E-state index in [2.05, 4.69) is 19.9 Å². The molecule has 1 aromatic rings. The Hall–Kier alpha value is -1.26. The van der Waals surface area contributed by atoms with E-state index in [1.165, 1.54) is 5.56 Å². The van der Waals surface area contributed by atoms with Gasteiger partial charge >= 0.3 is 0 Å². The van der Waals surface area contributed by atoms with Gasteiger partial charge in [-0.3, -0.25) is 0 Å². The van der Waals surface area contributed by atoms with Crippen molar-refractivity contribution in [2.75, 3.05) is 19.8 Å². The number of ether oxygens (including phenoxy) is 3. The van der Waals surface area contributed by atoms with Gasteiger partial charge in [0.25, 0.3) is 0 Å². The van der Waals surface area contributed by atoms with Crippen LogP contribution < -0.4 is 15.2 Å². The number of fused-ring (bicyclic) bond motifs is 1. The van der Waals surface area contributed by atoms with Gasteiger partial charge in [-0.05, 0) is 26.3 Å². The highest BCUT2D eigenvalue weighted by molar-refractivity contribution is 5.50. The van der Waals surface area contributed by atoms with Gasteiger partial charge in [0.15, 0.2) is 11.5 Å². The van der Waals surface area contributed by atoms with Gasteiger partial charge in [0, 0.05) is 30.6 Å². The molecule has 2 heterocycles. The molecule has 0 amide bonds. The van der Waals surface area contributed by atoms with Crippen LogP contribution >= 0.6 is 0 Å². The van der Waals surface area contributed by atoms with Gasteiger partial charge in [0.05, 0.1) is 6.61 Å². The Labute approximate surface area is 120 Å². The zero-order valence-electron chi connectivity index (χ0n) is 12.2. The van der Waals surface area contributed by atoms with Crippen molar-refractivity contribution in [3.63, 3.8) is 0 Å². The number of rotatable bonds is 4. The first-order valence-electron chi connectivity index (χ1n) is 7.32. The van der Waals surface area contributed by atoms with Crippen molar-refractivity contribution in [2.45, 2.75) is 38.3 Å². The predicted octanol–water partition coefficient (Wildman–Crippen LogP) is 2.14. The highest BCUT2D eigenvalue weighted by Gasteiger charge is 2.32. The Kier molecular flexibility index (Phi) is 3.61. The largest absolute Gasteiger partial charge is 0.488 e. The van der Waals surface area contributed by atoms with Gasteiger partial charge in [0.2, 0.25) is 0 Å². The van der Waals surface area contributed by atoms with Crippen molar-refractivity contribution < 1.29 is 14.2 Å². The van der Waals surface area contributed by atoms with Crippen molar-refractivity contribution in [1.29, 1.82) is 0 Å². The smallest absolute Gasteiger partial charge is 0.165 e. The van der Waals surface area contributed by atoms with Gasteiger partial charge < -0.3 is 19.9 Å². The molecule has 0 aliphatic carbocycles. The van der Waals surface area contributed by atoms with E-state index >= 15 is 0 Å². The summed E-state index contributed by atoms with van der Waals surface area (Å²) in [6, 6.07) is 6.09. The standard InChI is InChI=1S/C16H23NO3/c1-16(2)8-11-4-3-5-14(15(11)20-16)19-10-13(17)12-6-7-18-9-12/h3-5,12-13H,6-10,17H2,1-2H3. The van der Waals surface area contributed by atoms with Gasteiger partial charge in [-0.15, -0.1) is 0 Å². The Morgan fingerprint density at radius 3 is 3.05 bits per heavy atom. The molecule has 4 heteroatoms. The molecule has 1 saturated heterocycles. The minimum atomic E-state index is -0.150. The summed E-state index contributed by atoms with van der Waals surface area (Å²) in [5, 5.41) is 0. The zero-order chi connectivity index (χ0) is 14.2. The van der Waals surface area contributed by atoms with Crippen LogP contribution in [0.1, 0.15) is 25.8 Å². The summed E-state index contributed by atoms with van der Waals surface area (Å²) in [4.78, 5) is 0. The van der Waals surface area contributed by atoms with Gasteiger partial charge in [-0.25, -0.2) is 0 Å². The highest BCUT2D eigenvalue weighted by atomic mass is 16.5. The van der Waals surface area contributed by atoms with E-state index < -0.39 is 0 Å². The Bertz CT molecular complexity index is 481. The highest BCUT2D eigenvalue weighted by Crippen LogP contribution is 2.41. The van der Waals surface area contributed by atoms with Crippen LogP contribution in [0, 0.1) is 5.92 Å². The van der Waals surface area contributed by atoms with Crippen LogP contribution in [0.3, 0.4) is 0 Å². The van der Waals surface area contributed by atoms with E-state index in [1.54, 1.807) is 0 Å². The van der Waals surface area contributed by atoms with Crippen LogP contribution in [-0.4, -0.2) is 31.5 Å². The van der Waals surface area contributed by atoms with Crippen LogP contribution in [-0.2, 0) is 11.2 Å². The molecule has 1 aromatic carbocycles. The van der Waals surface area contributed by atoms with E-state index in [0.29, 0.717) is 12.5 Å². The lowest BCUT2D eigenvalue weighted by Crippen LogP contribution is -2.36. The summed E-state index contributed by atoms with van der Waals surface area (Å²) in [5.41, 5.74) is 7.24. The molecule has 110 valence electrons. The van der Waals surface area contributed by atoms with Crippen molar-refractivity contribution in [3.05, 3.63) is 23.8 Å². The van der Waals surface area contributed by atoms with Gasteiger partial charge in [0.1, 0.15) is 12.2 Å². The number of benzene rings is 1. The summed E-state index contributed by atoms with van der Waals surface area (Å²) in [5.74, 6) is 2.10. The molecule has 2 atom stereocenters. The number of hydrogen-bond donors (Lipinski definition) is 1. The van der Waals surface area contributed by atoms with E-state index in [9.17, 15) is 0 Å². The normalized spacial score (nSPS) is 25.1. The van der Waals surface area contributed by atoms with Crippen molar-refractivity contribution in [1.82, 2.24) is 0 Å². The Morgan fingerprint density at radius 1 is 1.45 bits per heavy atom. The second-order valence-corrected chi connectivity index (χ2v) is 6.38. The lowest BCUT2D eigenvalue weighted by Gasteiger charge is -2.20. The number of para-hydroxylation sites is 1. The summed E-state index contributed by atoms with van der Waals surface area (Å²) < 4.78 is 17.3. The summed E-state index contributed by atoms with van der Waals surface area (Å²) in [6.45, 7) is 6.27. The van der Waals surface area contributed by atoms with E-state index in [-0.39, 0.29) is 11.6 Å². The first-order valence-corrected chi connectivity index (χ1v) is 7.32. The zero-order valence-corrected chi connectivity index (χ0v) is 12.2.